The van der Waals surface area contributed by atoms with Crippen LogP contribution in [0.4, 0.5) is 0 Å². The second-order valence-corrected chi connectivity index (χ2v) is 8.80. The van der Waals surface area contributed by atoms with Gasteiger partial charge in [-0.05, 0) is 45.2 Å². The second kappa shape index (κ2) is 9.79. The topological polar surface area (TPSA) is 54.8 Å². The zero-order valence-electron chi connectivity index (χ0n) is 18.7. The van der Waals surface area contributed by atoms with Gasteiger partial charge in [-0.1, -0.05) is 30.3 Å². The molecular weight excluding hydrogens is 390 g/mol. The van der Waals surface area contributed by atoms with Crippen molar-refractivity contribution in [3.8, 4) is 0 Å². The van der Waals surface area contributed by atoms with Gasteiger partial charge in [-0.2, -0.15) is 0 Å². The lowest BCUT2D eigenvalue weighted by atomic mass is 10.0. The zero-order valence-corrected chi connectivity index (χ0v) is 18.7. The van der Waals surface area contributed by atoms with Crippen molar-refractivity contribution in [2.75, 3.05) is 39.8 Å². The van der Waals surface area contributed by atoms with E-state index < -0.39 is 0 Å². The fraction of sp³-hybridized carbons (Fsp3) is 0.520. The first-order valence-electron chi connectivity index (χ1n) is 11.4. The van der Waals surface area contributed by atoms with Gasteiger partial charge in [0.25, 0.3) is 5.91 Å². The first kappa shape index (κ1) is 21.8. The van der Waals surface area contributed by atoms with E-state index in [9.17, 15) is 9.59 Å². The number of benzene rings is 1. The Morgan fingerprint density at radius 3 is 2.52 bits per heavy atom. The van der Waals surface area contributed by atoms with Crippen LogP contribution < -0.4 is 5.43 Å². The van der Waals surface area contributed by atoms with Gasteiger partial charge in [-0.3, -0.25) is 9.59 Å². The van der Waals surface area contributed by atoms with Crippen LogP contribution in [0, 0.1) is 6.92 Å². The Labute approximate surface area is 184 Å². The van der Waals surface area contributed by atoms with E-state index in [0.29, 0.717) is 31.6 Å². The van der Waals surface area contributed by atoms with Crippen molar-refractivity contribution >= 4 is 5.91 Å². The van der Waals surface area contributed by atoms with E-state index in [4.69, 9.17) is 4.74 Å². The Morgan fingerprint density at radius 2 is 1.84 bits per heavy atom. The number of amides is 1. The second-order valence-electron chi connectivity index (χ2n) is 8.80. The maximum absolute atomic E-state index is 13.5. The Bertz CT molecular complexity index is 956. The van der Waals surface area contributed by atoms with Gasteiger partial charge >= 0.3 is 0 Å². The molecule has 166 valence electrons. The molecule has 0 N–H and O–H groups in total. The van der Waals surface area contributed by atoms with Gasteiger partial charge in [0.15, 0.2) is 5.43 Å². The van der Waals surface area contributed by atoms with Crippen molar-refractivity contribution in [3.05, 3.63) is 69.1 Å². The van der Waals surface area contributed by atoms with Gasteiger partial charge in [-0.15, -0.1) is 0 Å². The maximum Gasteiger partial charge on any atom is 0.259 e. The fourth-order valence-electron chi connectivity index (χ4n) is 4.64. The van der Waals surface area contributed by atoms with Crippen LogP contribution in [-0.2, 0) is 24.1 Å². The van der Waals surface area contributed by atoms with Crippen LogP contribution in [-0.4, -0.2) is 66.2 Å². The molecule has 2 fully saturated rings. The minimum absolute atomic E-state index is 0.123. The highest BCUT2D eigenvalue weighted by Gasteiger charge is 2.28. The van der Waals surface area contributed by atoms with Crippen LogP contribution in [0.5, 0.6) is 0 Å². The average Bonchev–Trinajstić information content (AvgIpc) is 3.28. The van der Waals surface area contributed by atoms with E-state index >= 15 is 0 Å². The van der Waals surface area contributed by atoms with Crippen molar-refractivity contribution < 1.29 is 9.53 Å². The number of carbonyl (C=O) groups excluding carboxylic acids is 1. The van der Waals surface area contributed by atoms with Crippen LogP contribution >= 0.6 is 0 Å². The number of piperazine rings is 1. The van der Waals surface area contributed by atoms with Gasteiger partial charge in [0, 0.05) is 56.8 Å². The average molecular weight is 424 g/mol. The molecule has 31 heavy (non-hydrogen) atoms. The van der Waals surface area contributed by atoms with Crippen LogP contribution in [0.3, 0.4) is 0 Å². The summed E-state index contributed by atoms with van der Waals surface area (Å²) in [5.74, 6) is -0.123. The Morgan fingerprint density at radius 1 is 1.10 bits per heavy atom. The molecule has 3 heterocycles. The predicted octanol–water partition coefficient (Wildman–Crippen LogP) is 2.51. The molecule has 2 saturated heterocycles. The van der Waals surface area contributed by atoms with Crippen molar-refractivity contribution in [2.45, 2.75) is 45.3 Å². The molecule has 0 spiro atoms. The van der Waals surface area contributed by atoms with Crippen LogP contribution in [0.15, 0.2) is 41.2 Å². The molecular formula is C25H33N3O3. The molecule has 0 radical (unpaired) electrons. The predicted molar refractivity (Wildman–Crippen MR) is 122 cm³/mol. The molecule has 4 rings (SSSR count). The van der Waals surface area contributed by atoms with E-state index in [1.54, 1.807) is 6.07 Å². The number of nitrogens with zero attached hydrogens (tertiary/aromatic N) is 3. The van der Waals surface area contributed by atoms with Gasteiger partial charge in [0.1, 0.15) is 5.56 Å². The fourth-order valence-corrected chi connectivity index (χ4v) is 4.64. The summed E-state index contributed by atoms with van der Waals surface area (Å²) in [6.45, 7) is 6.43. The molecule has 0 bridgehead atoms. The van der Waals surface area contributed by atoms with Crippen LogP contribution in [0.1, 0.15) is 40.2 Å². The van der Waals surface area contributed by atoms with Gasteiger partial charge in [0.2, 0.25) is 0 Å². The minimum atomic E-state index is -0.159. The lowest BCUT2D eigenvalue weighted by Gasteiger charge is -2.33. The molecule has 1 atom stereocenters. The number of aryl methyl sites for hydroxylation is 2. The standard InChI is InChI=1S/C25H33N3O3/c1-19-17-23(29)24(25(30)27-14-12-26(2)13-15-27)22(11-10-20-7-4-3-5-8-20)28(19)18-21-9-6-16-31-21/h3-5,7-8,17,21H,6,9-16,18H2,1-2H3. The molecule has 6 heteroatoms. The normalized spacial score (nSPS) is 19.7. The SMILES string of the molecule is Cc1cc(=O)c(C(=O)N2CCN(C)CC2)c(CCc2ccccc2)n1CC1CCCO1. The Balaban J connectivity index is 1.70. The summed E-state index contributed by atoms with van der Waals surface area (Å²) >= 11 is 0. The summed E-state index contributed by atoms with van der Waals surface area (Å²) < 4.78 is 8.06. The number of likely N-dealkylation sites (N-methyl/N-ethyl adjacent to an activating group) is 1. The first-order chi connectivity index (χ1) is 15.0. The molecule has 1 unspecified atom stereocenters. The monoisotopic (exact) mass is 423 g/mol. The van der Waals surface area contributed by atoms with Gasteiger partial charge in [0.05, 0.1) is 6.10 Å². The zero-order chi connectivity index (χ0) is 21.8. The molecule has 0 aliphatic carbocycles. The van der Waals surface area contributed by atoms with E-state index in [-0.39, 0.29) is 17.4 Å². The Hall–Kier alpha value is -2.44. The third kappa shape index (κ3) is 5.08. The highest BCUT2D eigenvalue weighted by Crippen LogP contribution is 2.20. The number of carbonyl (C=O) groups is 1. The van der Waals surface area contributed by atoms with E-state index in [2.05, 4.69) is 28.6 Å². The number of hydrogen-bond donors (Lipinski definition) is 0. The largest absolute Gasteiger partial charge is 0.376 e. The third-order valence-corrected chi connectivity index (χ3v) is 6.53. The number of pyridine rings is 1. The van der Waals surface area contributed by atoms with Crippen molar-refractivity contribution in [1.82, 2.24) is 14.4 Å². The van der Waals surface area contributed by atoms with Gasteiger partial charge in [-0.25, -0.2) is 0 Å². The highest BCUT2D eigenvalue weighted by atomic mass is 16.5. The molecule has 1 amide bonds. The summed E-state index contributed by atoms with van der Waals surface area (Å²) in [7, 11) is 2.06. The molecule has 0 saturated carbocycles. The molecule has 1 aromatic heterocycles. The van der Waals surface area contributed by atoms with E-state index in [0.717, 1.165) is 50.3 Å². The molecule has 2 aliphatic rings. The molecule has 6 nitrogen and oxygen atoms in total. The number of rotatable bonds is 6. The lowest BCUT2D eigenvalue weighted by Crippen LogP contribution is -2.48. The lowest BCUT2D eigenvalue weighted by molar-refractivity contribution is 0.0658. The first-order valence-corrected chi connectivity index (χ1v) is 11.4. The minimum Gasteiger partial charge on any atom is -0.376 e. The summed E-state index contributed by atoms with van der Waals surface area (Å²) in [5, 5.41) is 0. The molecule has 1 aromatic carbocycles. The third-order valence-electron chi connectivity index (χ3n) is 6.53. The number of aromatic nitrogens is 1. The summed E-state index contributed by atoms with van der Waals surface area (Å²) in [4.78, 5) is 30.7. The van der Waals surface area contributed by atoms with Crippen molar-refractivity contribution in [1.29, 1.82) is 0 Å². The molecule has 2 aliphatic heterocycles. The van der Waals surface area contributed by atoms with Crippen LogP contribution in [0.2, 0.25) is 0 Å². The maximum atomic E-state index is 13.5. The highest BCUT2D eigenvalue weighted by molar-refractivity contribution is 5.95. The Kier molecular flexibility index (Phi) is 6.88. The molecule has 2 aromatic rings. The summed E-state index contributed by atoms with van der Waals surface area (Å²) in [6.07, 6.45) is 3.67. The van der Waals surface area contributed by atoms with Gasteiger partial charge < -0.3 is 19.1 Å². The van der Waals surface area contributed by atoms with E-state index in [1.807, 2.05) is 30.0 Å². The van der Waals surface area contributed by atoms with E-state index in [1.165, 1.54) is 5.56 Å². The quantitative estimate of drug-likeness (QED) is 0.717. The summed E-state index contributed by atoms with van der Waals surface area (Å²) in [5.41, 5.74) is 3.15. The van der Waals surface area contributed by atoms with Crippen molar-refractivity contribution in [2.24, 2.45) is 0 Å². The smallest absolute Gasteiger partial charge is 0.259 e. The number of ether oxygens (including phenoxy) is 1. The van der Waals surface area contributed by atoms with Crippen molar-refractivity contribution in [3.63, 3.8) is 0 Å². The van der Waals surface area contributed by atoms with Crippen LogP contribution in [0.25, 0.3) is 0 Å². The number of hydrogen-bond acceptors (Lipinski definition) is 4. The summed E-state index contributed by atoms with van der Waals surface area (Å²) in [6, 6.07) is 11.9.